The molecule has 0 unspecified atom stereocenters. The quantitative estimate of drug-likeness (QED) is 0.729. The third-order valence-electron chi connectivity index (χ3n) is 3.23. The van der Waals surface area contributed by atoms with E-state index in [1.807, 2.05) is 12.1 Å². The number of thioether (sulfide) groups is 1. The number of amidine groups is 1. The van der Waals surface area contributed by atoms with Gasteiger partial charge in [-0.1, -0.05) is 29.3 Å². The SMILES string of the molecule is O=C1N=C(N2CCCC2)S/C1=C/c1ccc(Cl)c(Cl)c1. The highest BCUT2D eigenvalue weighted by atomic mass is 35.5. The lowest BCUT2D eigenvalue weighted by molar-refractivity contribution is -0.113. The summed E-state index contributed by atoms with van der Waals surface area (Å²) in [4.78, 5) is 18.9. The first-order valence-corrected chi connectivity index (χ1v) is 7.93. The van der Waals surface area contributed by atoms with Crippen molar-refractivity contribution in [2.75, 3.05) is 13.1 Å². The van der Waals surface area contributed by atoms with Crippen molar-refractivity contribution in [1.29, 1.82) is 0 Å². The molecular weight excluding hydrogens is 315 g/mol. The number of likely N-dealkylation sites (tertiary alicyclic amines) is 1. The maximum Gasteiger partial charge on any atom is 0.286 e. The lowest BCUT2D eigenvalue weighted by Gasteiger charge is -2.14. The molecule has 2 heterocycles. The number of aliphatic imine (C=N–C) groups is 1. The Kier molecular flexibility index (Phi) is 4.06. The molecule has 1 aromatic carbocycles. The van der Waals surface area contributed by atoms with Gasteiger partial charge in [0.1, 0.15) is 0 Å². The Labute approximate surface area is 131 Å². The zero-order chi connectivity index (χ0) is 14.1. The monoisotopic (exact) mass is 326 g/mol. The van der Waals surface area contributed by atoms with Gasteiger partial charge in [0, 0.05) is 13.1 Å². The minimum atomic E-state index is -0.178. The smallest absolute Gasteiger partial charge is 0.286 e. The molecule has 0 radical (unpaired) electrons. The average molecular weight is 327 g/mol. The maximum atomic E-state index is 11.9. The summed E-state index contributed by atoms with van der Waals surface area (Å²) in [5, 5.41) is 1.81. The molecule has 0 bridgehead atoms. The molecule has 0 spiro atoms. The topological polar surface area (TPSA) is 32.7 Å². The lowest BCUT2D eigenvalue weighted by Crippen LogP contribution is -2.23. The molecule has 3 nitrogen and oxygen atoms in total. The van der Waals surface area contributed by atoms with Crippen molar-refractivity contribution in [3.8, 4) is 0 Å². The number of hydrogen-bond donors (Lipinski definition) is 0. The highest BCUT2D eigenvalue weighted by Gasteiger charge is 2.27. The summed E-state index contributed by atoms with van der Waals surface area (Å²) in [5.74, 6) is -0.178. The van der Waals surface area contributed by atoms with Crippen LogP contribution >= 0.6 is 35.0 Å². The fourth-order valence-corrected chi connectivity index (χ4v) is 3.47. The van der Waals surface area contributed by atoms with Crippen LogP contribution in [0.1, 0.15) is 18.4 Å². The van der Waals surface area contributed by atoms with E-state index in [9.17, 15) is 4.79 Å². The van der Waals surface area contributed by atoms with E-state index in [-0.39, 0.29) is 5.91 Å². The third kappa shape index (κ3) is 2.87. The molecule has 0 saturated carbocycles. The van der Waals surface area contributed by atoms with Gasteiger partial charge in [-0.15, -0.1) is 0 Å². The van der Waals surface area contributed by atoms with Crippen molar-refractivity contribution in [2.24, 2.45) is 4.99 Å². The van der Waals surface area contributed by atoms with E-state index in [1.165, 1.54) is 24.6 Å². The fraction of sp³-hybridized carbons (Fsp3) is 0.286. The Balaban J connectivity index is 1.80. The van der Waals surface area contributed by atoms with Crippen LogP contribution in [0.25, 0.3) is 6.08 Å². The molecule has 0 N–H and O–H groups in total. The van der Waals surface area contributed by atoms with Crippen LogP contribution in [0.15, 0.2) is 28.1 Å². The van der Waals surface area contributed by atoms with Gasteiger partial charge in [-0.05, 0) is 48.4 Å². The van der Waals surface area contributed by atoms with Gasteiger partial charge in [-0.3, -0.25) is 4.79 Å². The Hall–Kier alpha value is -0.970. The first-order valence-electron chi connectivity index (χ1n) is 6.36. The van der Waals surface area contributed by atoms with Gasteiger partial charge in [0.2, 0.25) is 0 Å². The van der Waals surface area contributed by atoms with Crippen molar-refractivity contribution in [1.82, 2.24) is 4.90 Å². The lowest BCUT2D eigenvalue weighted by atomic mass is 10.2. The molecular formula is C14H12Cl2N2OS. The number of nitrogens with zero attached hydrogens (tertiary/aromatic N) is 2. The molecule has 20 heavy (non-hydrogen) atoms. The van der Waals surface area contributed by atoms with Gasteiger partial charge in [-0.2, -0.15) is 4.99 Å². The van der Waals surface area contributed by atoms with E-state index in [4.69, 9.17) is 23.2 Å². The van der Waals surface area contributed by atoms with Crippen LogP contribution < -0.4 is 0 Å². The number of carbonyl (C=O) groups excluding carboxylic acids is 1. The highest BCUT2D eigenvalue weighted by Crippen LogP contribution is 2.32. The van der Waals surface area contributed by atoms with Gasteiger partial charge in [-0.25, -0.2) is 0 Å². The summed E-state index contributed by atoms with van der Waals surface area (Å²) in [6.07, 6.45) is 4.14. The van der Waals surface area contributed by atoms with Crippen LogP contribution in [0.4, 0.5) is 0 Å². The normalized spacial score (nSPS) is 20.9. The summed E-state index contributed by atoms with van der Waals surface area (Å²) in [5.41, 5.74) is 0.855. The van der Waals surface area contributed by atoms with E-state index in [2.05, 4.69) is 9.89 Å². The maximum absolute atomic E-state index is 11.9. The van der Waals surface area contributed by atoms with Gasteiger partial charge < -0.3 is 4.90 Å². The molecule has 2 aliphatic rings. The standard InChI is InChI=1S/C14H12Cl2N2OS/c15-10-4-3-9(7-11(10)16)8-12-13(19)17-14(20-12)18-5-1-2-6-18/h3-4,7-8H,1-2,5-6H2/b12-8+. The zero-order valence-corrected chi connectivity index (χ0v) is 12.9. The molecule has 1 aromatic rings. The Bertz CT molecular complexity index is 622. The van der Waals surface area contributed by atoms with Gasteiger partial charge >= 0.3 is 0 Å². The number of benzene rings is 1. The number of amides is 1. The molecule has 0 aliphatic carbocycles. The van der Waals surface area contributed by atoms with E-state index in [1.54, 1.807) is 12.1 Å². The van der Waals surface area contributed by atoms with Crippen molar-refractivity contribution < 1.29 is 4.79 Å². The van der Waals surface area contributed by atoms with Gasteiger partial charge in [0.05, 0.1) is 15.0 Å². The summed E-state index contributed by atoms with van der Waals surface area (Å²) < 4.78 is 0. The molecule has 1 amide bonds. The largest absolute Gasteiger partial charge is 0.351 e. The molecule has 3 rings (SSSR count). The zero-order valence-electron chi connectivity index (χ0n) is 10.6. The average Bonchev–Trinajstić information content (AvgIpc) is 3.04. The van der Waals surface area contributed by atoms with E-state index >= 15 is 0 Å². The van der Waals surface area contributed by atoms with Crippen LogP contribution in [0.3, 0.4) is 0 Å². The highest BCUT2D eigenvalue weighted by molar-refractivity contribution is 8.18. The van der Waals surface area contributed by atoms with E-state index in [0.29, 0.717) is 15.0 Å². The molecule has 1 fully saturated rings. The van der Waals surface area contributed by atoms with Crippen molar-refractivity contribution in [3.05, 3.63) is 38.7 Å². The second-order valence-electron chi connectivity index (χ2n) is 4.68. The molecule has 2 aliphatic heterocycles. The van der Waals surface area contributed by atoms with Crippen LogP contribution in [0.2, 0.25) is 10.0 Å². The molecule has 0 atom stereocenters. The summed E-state index contributed by atoms with van der Waals surface area (Å²) >= 11 is 13.3. The van der Waals surface area contributed by atoms with Gasteiger partial charge in [0.15, 0.2) is 5.17 Å². The van der Waals surface area contributed by atoms with Crippen molar-refractivity contribution >= 4 is 52.1 Å². The van der Waals surface area contributed by atoms with Crippen molar-refractivity contribution in [3.63, 3.8) is 0 Å². The summed E-state index contributed by atoms with van der Waals surface area (Å²) in [6.45, 7) is 1.97. The third-order valence-corrected chi connectivity index (χ3v) is 5.01. The first kappa shape index (κ1) is 14.0. The summed E-state index contributed by atoms with van der Waals surface area (Å²) in [7, 11) is 0. The molecule has 104 valence electrons. The van der Waals surface area contributed by atoms with Crippen LogP contribution in [0.5, 0.6) is 0 Å². The predicted octanol–water partition coefficient (Wildman–Crippen LogP) is 4.06. The molecule has 1 saturated heterocycles. The summed E-state index contributed by atoms with van der Waals surface area (Å²) in [6, 6.07) is 5.31. The second-order valence-corrected chi connectivity index (χ2v) is 6.50. The van der Waals surface area contributed by atoms with Crippen LogP contribution in [0, 0.1) is 0 Å². The van der Waals surface area contributed by atoms with E-state index < -0.39 is 0 Å². The predicted molar refractivity (Wildman–Crippen MR) is 85.3 cm³/mol. The van der Waals surface area contributed by atoms with E-state index in [0.717, 1.165) is 23.8 Å². The minimum Gasteiger partial charge on any atom is -0.351 e. The molecule has 6 heteroatoms. The Morgan fingerprint density at radius 1 is 1.20 bits per heavy atom. The molecule has 0 aromatic heterocycles. The minimum absolute atomic E-state index is 0.178. The fourth-order valence-electron chi connectivity index (χ4n) is 2.20. The Morgan fingerprint density at radius 3 is 2.65 bits per heavy atom. The number of carbonyl (C=O) groups is 1. The van der Waals surface area contributed by atoms with Crippen molar-refractivity contribution in [2.45, 2.75) is 12.8 Å². The van der Waals surface area contributed by atoms with Crippen LogP contribution in [-0.4, -0.2) is 29.1 Å². The second kappa shape index (κ2) is 5.80. The number of rotatable bonds is 1. The Morgan fingerprint density at radius 2 is 1.95 bits per heavy atom. The number of hydrogen-bond acceptors (Lipinski definition) is 3. The first-order chi connectivity index (χ1) is 9.63. The van der Waals surface area contributed by atoms with Crippen LogP contribution in [-0.2, 0) is 4.79 Å². The van der Waals surface area contributed by atoms with Gasteiger partial charge in [0.25, 0.3) is 5.91 Å². The number of halogens is 2.